The standard InChI is InChI=1S/C20H33N3O.2ClH/c1-20(2,16-22-19(24)11-5-3-4-8-13-21)23-14-12-17-9-6-7-10-18(17)15-23;;/h6-7,9-10H,3-5,8,11-16,21H2,1-2H3,(H,22,24);2*1H. The summed E-state index contributed by atoms with van der Waals surface area (Å²) in [7, 11) is 0. The summed E-state index contributed by atoms with van der Waals surface area (Å²) in [6, 6.07) is 8.68. The maximum atomic E-state index is 12.0. The van der Waals surface area contributed by atoms with Crippen LogP contribution in [0.2, 0.25) is 0 Å². The molecular formula is C20H35Cl2N3O. The zero-order valence-electron chi connectivity index (χ0n) is 16.1. The first kappa shape index (κ1) is 25.2. The Bertz CT molecular complexity index is 538. The van der Waals surface area contributed by atoms with Gasteiger partial charge in [0.25, 0.3) is 0 Å². The maximum absolute atomic E-state index is 12.0. The van der Waals surface area contributed by atoms with Gasteiger partial charge in [-0.3, -0.25) is 9.69 Å². The average molecular weight is 404 g/mol. The number of rotatable bonds is 9. The normalized spacial score (nSPS) is 14.0. The van der Waals surface area contributed by atoms with Gasteiger partial charge in [-0.15, -0.1) is 24.8 Å². The molecule has 1 aliphatic rings. The Morgan fingerprint density at radius 3 is 2.46 bits per heavy atom. The molecule has 1 aromatic rings. The summed E-state index contributed by atoms with van der Waals surface area (Å²) in [5.74, 6) is 0.174. The van der Waals surface area contributed by atoms with Crippen LogP contribution in [-0.4, -0.2) is 36.0 Å². The van der Waals surface area contributed by atoms with Gasteiger partial charge in [-0.1, -0.05) is 37.1 Å². The van der Waals surface area contributed by atoms with Crippen molar-refractivity contribution in [3.63, 3.8) is 0 Å². The third-order valence-corrected chi connectivity index (χ3v) is 5.06. The molecule has 0 radical (unpaired) electrons. The quantitative estimate of drug-likeness (QED) is 0.617. The number of nitrogens with one attached hydrogen (secondary N) is 1. The molecule has 0 aliphatic carbocycles. The van der Waals surface area contributed by atoms with E-state index in [4.69, 9.17) is 5.73 Å². The number of hydrogen-bond donors (Lipinski definition) is 2. The van der Waals surface area contributed by atoms with E-state index in [9.17, 15) is 4.79 Å². The number of amides is 1. The van der Waals surface area contributed by atoms with Crippen molar-refractivity contribution in [3.8, 4) is 0 Å². The second-order valence-corrected chi connectivity index (χ2v) is 7.48. The van der Waals surface area contributed by atoms with Crippen molar-refractivity contribution in [3.05, 3.63) is 35.4 Å². The van der Waals surface area contributed by atoms with Crippen molar-refractivity contribution in [2.45, 2.75) is 64.5 Å². The van der Waals surface area contributed by atoms with Crippen LogP contribution in [0.5, 0.6) is 0 Å². The van der Waals surface area contributed by atoms with Crippen LogP contribution in [-0.2, 0) is 17.8 Å². The molecule has 2 rings (SSSR count). The summed E-state index contributed by atoms with van der Waals surface area (Å²) in [4.78, 5) is 14.5. The molecule has 0 atom stereocenters. The van der Waals surface area contributed by atoms with Crippen LogP contribution >= 0.6 is 24.8 Å². The van der Waals surface area contributed by atoms with Crippen molar-refractivity contribution in [2.24, 2.45) is 5.73 Å². The van der Waals surface area contributed by atoms with E-state index in [0.29, 0.717) is 13.0 Å². The zero-order chi connectivity index (χ0) is 17.4. The largest absolute Gasteiger partial charge is 0.354 e. The minimum Gasteiger partial charge on any atom is -0.354 e. The molecule has 0 unspecified atom stereocenters. The van der Waals surface area contributed by atoms with E-state index < -0.39 is 0 Å². The molecule has 3 N–H and O–H groups in total. The number of fused-ring (bicyclic) bond motifs is 1. The van der Waals surface area contributed by atoms with Crippen LogP contribution in [0.15, 0.2) is 24.3 Å². The molecule has 0 aromatic heterocycles. The highest BCUT2D eigenvalue weighted by molar-refractivity contribution is 5.85. The Morgan fingerprint density at radius 2 is 1.77 bits per heavy atom. The minimum atomic E-state index is -0.0251. The van der Waals surface area contributed by atoms with Crippen molar-refractivity contribution < 1.29 is 4.79 Å². The minimum absolute atomic E-state index is 0. The van der Waals surface area contributed by atoms with Crippen molar-refractivity contribution in [1.29, 1.82) is 0 Å². The van der Waals surface area contributed by atoms with Gasteiger partial charge in [-0.25, -0.2) is 0 Å². The van der Waals surface area contributed by atoms with Crippen molar-refractivity contribution in [1.82, 2.24) is 10.2 Å². The summed E-state index contributed by atoms with van der Waals surface area (Å²) in [5.41, 5.74) is 8.34. The number of hydrogen-bond acceptors (Lipinski definition) is 3. The van der Waals surface area contributed by atoms with Crippen LogP contribution < -0.4 is 11.1 Å². The Morgan fingerprint density at radius 1 is 1.12 bits per heavy atom. The molecule has 26 heavy (non-hydrogen) atoms. The lowest BCUT2D eigenvalue weighted by Crippen LogP contribution is -2.53. The van der Waals surface area contributed by atoms with Crippen molar-refractivity contribution >= 4 is 30.7 Å². The van der Waals surface area contributed by atoms with Gasteiger partial charge in [0.1, 0.15) is 0 Å². The number of nitrogens with zero attached hydrogens (tertiary/aromatic N) is 1. The van der Waals surface area contributed by atoms with Gasteiger partial charge < -0.3 is 11.1 Å². The van der Waals surface area contributed by atoms with E-state index in [1.807, 2.05) is 0 Å². The van der Waals surface area contributed by atoms with Gasteiger partial charge in [-0.2, -0.15) is 0 Å². The fraction of sp³-hybridized carbons (Fsp3) is 0.650. The first-order valence-electron chi connectivity index (χ1n) is 9.31. The molecule has 1 amide bonds. The first-order valence-corrected chi connectivity index (χ1v) is 9.31. The molecule has 150 valence electrons. The number of unbranched alkanes of at least 4 members (excludes halogenated alkanes) is 3. The fourth-order valence-electron chi connectivity index (χ4n) is 3.31. The van der Waals surface area contributed by atoms with Gasteiger partial charge in [0.05, 0.1) is 0 Å². The summed E-state index contributed by atoms with van der Waals surface area (Å²) in [6.07, 6.45) is 5.96. The molecule has 0 saturated carbocycles. The number of halogens is 2. The van der Waals surface area contributed by atoms with Crippen molar-refractivity contribution in [2.75, 3.05) is 19.6 Å². The first-order chi connectivity index (χ1) is 11.5. The summed E-state index contributed by atoms with van der Waals surface area (Å²) in [6.45, 7) is 7.93. The van der Waals surface area contributed by atoms with E-state index in [2.05, 4.69) is 48.3 Å². The van der Waals surface area contributed by atoms with E-state index in [1.165, 1.54) is 11.1 Å². The SMILES string of the molecule is CC(C)(CNC(=O)CCCCCCN)N1CCc2ccccc2C1.Cl.Cl. The molecule has 0 saturated heterocycles. The lowest BCUT2D eigenvalue weighted by Gasteiger charge is -2.41. The second kappa shape index (κ2) is 12.6. The molecular weight excluding hydrogens is 369 g/mol. The van der Waals surface area contributed by atoms with Gasteiger partial charge in [0.15, 0.2) is 0 Å². The third-order valence-electron chi connectivity index (χ3n) is 5.06. The number of carbonyl (C=O) groups is 1. The molecule has 1 aliphatic heterocycles. The lowest BCUT2D eigenvalue weighted by molar-refractivity contribution is -0.121. The predicted molar refractivity (Wildman–Crippen MR) is 114 cm³/mol. The average Bonchev–Trinajstić information content (AvgIpc) is 2.59. The summed E-state index contributed by atoms with van der Waals surface area (Å²) in [5, 5.41) is 3.13. The molecule has 1 aromatic carbocycles. The van der Waals surface area contributed by atoms with E-state index in [-0.39, 0.29) is 36.3 Å². The maximum Gasteiger partial charge on any atom is 0.220 e. The monoisotopic (exact) mass is 403 g/mol. The number of nitrogens with two attached hydrogens (primary N) is 1. The zero-order valence-corrected chi connectivity index (χ0v) is 17.8. The Kier molecular flexibility index (Phi) is 12.2. The van der Waals surface area contributed by atoms with Crippen LogP contribution in [0.1, 0.15) is 57.1 Å². The van der Waals surface area contributed by atoms with Crippen LogP contribution in [0.4, 0.5) is 0 Å². The van der Waals surface area contributed by atoms with Gasteiger partial charge in [0.2, 0.25) is 5.91 Å². The van der Waals surface area contributed by atoms with E-state index >= 15 is 0 Å². The summed E-state index contributed by atoms with van der Waals surface area (Å²) >= 11 is 0. The van der Waals surface area contributed by atoms with Crippen LogP contribution in [0.25, 0.3) is 0 Å². The van der Waals surface area contributed by atoms with E-state index in [0.717, 1.165) is 51.7 Å². The highest BCUT2D eigenvalue weighted by Crippen LogP contribution is 2.24. The Labute approximate surface area is 171 Å². The number of carbonyl (C=O) groups excluding carboxylic acids is 1. The smallest absolute Gasteiger partial charge is 0.220 e. The molecule has 0 fully saturated rings. The Hall–Kier alpha value is -0.810. The van der Waals surface area contributed by atoms with Crippen LogP contribution in [0.3, 0.4) is 0 Å². The molecule has 4 nitrogen and oxygen atoms in total. The Balaban J connectivity index is 0.00000312. The molecule has 1 heterocycles. The van der Waals surface area contributed by atoms with Crippen LogP contribution in [0, 0.1) is 0 Å². The van der Waals surface area contributed by atoms with E-state index in [1.54, 1.807) is 0 Å². The predicted octanol–water partition coefficient (Wildman–Crippen LogP) is 3.69. The summed E-state index contributed by atoms with van der Waals surface area (Å²) < 4.78 is 0. The fourth-order valence-corrected chi connectivity index (χ4v) is 3.31. The van der Waals surface area contributed by atoms with Gasteiger partial charge >= 0.3 is 0 Å². The lowest BCUT2D eigenvalue weighted by atomic mass is 9.94. The molecule has 0 bridgehead atoms. The van der Waals surface area contributed by atoms with Gasteiger partial charge in [-0.05, 0) is 50.8 Å². The molecule has 0 spiro atoms. The van der Waals surface area contributed by atoms with Gasteiger partial charge in [0, 0.05) is 31.6 Å². The molecule has 6 heteroatoms. The highest BCUT2D eigenvalue weighted by atomic mass is 35.5. The highest BCUT2D eigenvalue weighted by Gasteiger charge is 2.29. The third kappa shape index (κ3) is 7.83. The second-order valence-electron chi connectivity index (χ2n) is 7.48. The topological polar surface area (TPSA) is 58.4 Å². The number of benzene rings is 1.